The minimum absolute atomic E-state index is 0.0814. The van der Waals surface area contributed by atoms with E-state index in [2.05, 4.69) is 57.7 Å². The fraction of sp³-hybridized carbons (Fsp3) is 1.00. The highest BCUT2D eigenvalue weighted by molar-refractivity contribution is 6.89. The quantitative estimate of drug-likeness (QED) is 0.103. The van der Waals surface area contributed by atoms with Crippen molar-refractivity contribution in [2.75, 3.05) is 53.2 Å². The zero-order valence-corrected chi connectivity index (χ0v) is 29.4. The fourth-order valence-corrected chi connectivity index (χ4v) is 23.2. The lowest BCUT2D eigenvalue weighted by Gasteiger charge is -2.42. The summed E-state index contributed by atoms with van der Waals surface area (Å²) in [6.07, 6.45) is 1.83. The molecular weight excluding hydrogens is 543 g/mol. The van der Waals surface area contributed by atoms with Crippen molar-refractivity contribution in [3.05, 3.63) is 0 Å². The summed E-state index contributed by atoms with van der Waals surface area (Å²) in [4.78, 5) is 0. The van der Waals surface area contributed by atoms with Gasteiger partial charge < -0.3 is 42.5 Å². The smallest absolute Gasteiger partial charge is 0.315 e. The van der Waals surface area contributed by atoms with Gasteiger partial charge in [-0.25, -0.2) is 0 Å². The second-order valence-corrected chi connectivity index (χ2v) is 28.7. The molecule has 224 valence electrons. The molecule has 0 heterocycles. The molecule has 0 rings (SSSR count). The Kier molecular flexibility index (Phi) is 17.6. The Balaban J connectivity index is 5.08. The molecule has 2 unspecified atom stereocenters. The van der Waals surface area contributed by atoms with Crippen LogP contribution in [0.15, 0.2) is 0 Å². The van der Waals surface area contributed by atoms with Crippen LogP contribution in [0.3, 0.4) is 0 Å². The van der Waals surface area contributed by atoms with Crippen LogP contribution in [0, 0.1) is 5.41 Å². The van der Waals surface area contributed by atoms with Gasteiger partial charge in [-0.15, -0.1) is 0 Å². The Labute approximate surface area is 231 Å². The normalized spacial score (nSPS) is 16.1. The number of hydrogen-bond donors (Lipinski definition) is 4. The van der Waals surface area contributed by atoms with E-state index in [1.165, 1.54) is 0 Å². The number of aliphatic hydroxyl groups excluding tert-OH is 3. The number of rotatable bonds is 23. The number of likely N-dealkylation sites (N-methyl/N-ethyl adjacent to an activating group) is 1. The summed E-state index contributed by atoms with van der Waals surface area (Å²) in [5.41, 5.74) is -0.569. The molecule has 4 N–H and O–H groups in total. The summed E-state index contributed by atoms with van der Waals surface area (Å²) in [6.45, 7) is 21.5. The molecule has 0 aliphatic heterocycles. The Morgan fingerprint density at radius 1 is 0.811 bits per heavy atom. The molecule has 0 bridgehead atoms. The van der Waals surface area contributed by atoms with E-state index >= 15 is 0 Å². The van der Waals surface area contributed by atoms with Gasteiger partial charge in [0.2, 0.25) is 0 Å². The van der Waals surface area contributed by atoms with Crippen molar-refractivity contribution < 1.29 is 37.1 Å². The van der Waals surface area contributed by atoms with Gasteiger partial charge in [0.15, 0.2) is 16.6 Å². The molecule has 2 atom stereocenters. The van der Waals surface area contributed by atoms with Crippen LogP contribution in [-0.4, -0.2) is 108 Å². The summed E-state index contributed by atoms with van der Waals surface area (Å²) in [6, 6.07) is 1.74. The lowest BCUT2D eigenvalue weighted by Crippen LogP contribution is -2.57. The Bertz CT molecular complexity index is 598. The van der Waals surface area contributed by atoms with Crippen molar-refractivity contribution in [2.45, 2.75) is 96.8 Å². The maximum absolute atomic E-state index is 9.86. The van der Waals surface area contributed by atoms with Gasteiger partial charge in [0.25, 0.3) is 0 Å². The van der Waals surface area contributed by atoms with Gasteiger partial charge in [-0.2, -0.15) is 0 Å². The Hall–Kier alpha value is 0.508. The van der Waals surface area contributed by atoms with E-state index < -0.39 is 45.3 Å². The molecule has 0 amide bonds. The maximum atomic E-state index is 9.86. The van der Waals surface area contributed by atoms with Crippen LogP contribution < -0.4 is 5.32 Å². The highest BCUT2D eigenvalue weighted by atomic mass is 28.5. The van der Waals surface area contributed by atoms with E-state index in [9.17, 15) is 15.3 Å². The van der Waals surface area contributed by atoms with Gasteiger partial charge in [0, 0.05) is 25.2 Å². The number of ether oxygens (including phenoxy) is 2. The zero-order chi connectivity index (χ0) is 28.8. The fourth-order valence-electron chi connectivity index (χ4n) is 4.40. The summed E-state index contributed by atoms with van der Waals surface area (Å²) < 4.78 is 31.8. The van der Waals surface area contributed by atoms with Gasteiger partial charge in [-0.3, -0.25) is 0 Å². The molecule has 0 aromatic heterocycles. The number of aliphatic hydroxyl groups is 3. The largest absolute Gasteiger partial charge is 0.437 e. The third-order valence-electron chi connectivity index (χ3n) is 6.07. The molecule has 37 heavy (non-hydrogen) atoms. The van der Waals surface area contributed by atoms with E-state index in [1.54, 1.807) is 0 Å². The van der Waals surface area contributed by atoms with Gasteiger partial charge in [0.1, 0.15) is 0 Å². The lowest BCUT2D eigenvalue weighted by molar-refractivity contribution is -0.0297. The van der Waals surface area contributed by atoms with Crippen LogP contribution >= 0.6 is 0 Å². The standard InChI is InChI=1S/C24H59NO8Si4/c1-11-24(20-26,21-27)22-30-15-12-16-35(6,7)32-37(10,33-36(8,9)31-34(3,4)5)17-13-14-29-19-23(28)18-25-2/h23,25-28H,11-22H2,1-10H3. The third kappa shape index (κ3) is 17.7. The van der Waals surface area contributed by atoms with E-state index in [1.807, 2.05) is 14.0 Å². The van der Waals surface area contributed by atoms with Crippen LogP contribution in [0.2, 0.25) is 64.5 Å². The summed E-state index contributed by atoms with van der Waals surface area (Å²) in [7, 11) is -6.98. The second kappa shape index (κ2) is 17.3. The predicted octanol–water partition coefficient (Wildman–Crippen LogP) is 3.62. The van der Waals surface area contributed by atoms with Crippen molar-refractivity contribution in [3.8, 4) is 0 Å². The van der Waals surface area contributed by atoms with Crippen molar-refractivity contribution >= 4 is 33.8 Å². The first-order chi connectivity index (χ1) is 17.0. The van der Waals surface area contributed by atoms with E-state index in [0.717, 1.165) is 24.9 Å². The average Bonchev–Trinajstić information content (AvgIpc) is 2.74. The van der Waals surface area contributed by atoms with Crippen molar-refractivity contribution in [3.63, 3.8) is 0 Å². The first-order valence-corrected chi connectivity index (χ1v) is 25.6. The van der Waals surface area contributed by atoms with Crippen LogP contribution in [0.5, 0.6) is 0 Å². The number of hydrogen-bond acceptors (Lipinski definition) is 9. The molecule has 0 aromatic carbocycles. The van der Waals surface area contributed by atoms with Crippen LogP contribution in [0.4, 0.5) is 0 Å². The molecular formula is C24H59NO8Si4. The topological polar surface area (TPSA) is 119 Å². The third-order valence-corrected chi connectivity index (χ3v) is 20.9. The molecule has 9 nitrogen and oxygen atoms in total. The van der Waals surface area contributed by atoms with Crippen LogP contribution in [-0.2, 0) is 21.8 Å². The molecule has 0 aromatic rings. The predicted molar refractivity (Wildman–Crippen MR) is 160 cm³/mol. The molecule has 0 saturated heterocycles. The molecule has 0 radical (unpaired) electrons. The van der Waals surface area contributed by atoms with Crippen LogP contribution in [0.25, 0.3) is 0 Å². The molecule has 13 heteroatoms. The van der Waals surface area contributed by atoms with Gasteiger partial charge in [0.05, 0.1) is 32.5 Å². The minimum atomic E-state index is -2.57. The number of nitrogens with one attached hydrogen (secondary N) is 1. The van der Waals surface area contributed by atoms with E-state index in [-0.39, 0.29) is 13.2 Å². The molecule has 0 spiro atoms. The Morgan fingerprint density at radius 2 is 1.38 bits per heavy atom. The average molecular weight is 602 g/mol. The summed E-state index contributed by atoms with van der Waals surface area (Å²) in [5, 5.41) is 32.0. The summed E-state index contributed by atoms with van der Waals surface area (Å²) in [5.74, 6) is 0. The molecule has 0 aliphatic carbocycles. The van der Waals surface area contributed by atoms with E-state index in [4.69, 9.17) is 21.8 Å². The highest BCUT2D eigenvalue weighted by Crippen LogP contribution is 2.30. The van der Waals surface area contributed by atoms with Gasteiger partial charge in [-0.05, 0) is 90.8 Å². The first-order valence-electron chi connectivity index (χ1n) is 13.8. The molecule has 0 aliphatic rings. The first kappa shape index (κ1) is 37.5. The van der Waals surface area contributed by atoms with E-state index in [0.29, 0.717) is 39.4 Å². The van der Waals surface area contributed by atoms with Crippen molar-refractivity contribution in [1.82, 2.24) is 5.32 Å². The lowest BCUT2D eigenvalue weighted by atomic mass is 9.88. The monoisotopic (exact) mass is 601 g/mol. The maximum Gasteiger partial charge on any atom is 0.315 e. The van der Waals surface area contributed by atoms with Crippen LogP contribution in [0.1, 0.15) is 26.2 Å². The molecule has 0 fully saturated rings. The van der Waals surface area contributed by atoms with Crippen molar-refractivity contribution in [1.29, 1.82) is 0 Å². The van der Waals surface area contributed by atoms with Crippen molar-refractivity contribution in [2.24, 2.45) is 5.41 Å². The highest BCUT2D eigenvalue weighted by Gasteiger charge is 2.45. The zero-order valence-electron chi connectivity index (χ0n) is 25.4. The summed E-state index contributed by atoms with van der Waals surface area (Å²) >= 11 is 0. The Morgan fingerprint density at radius 3 is 1.89 bits per heavy atom. The second-order valence-electron chi connectivity index (χ2n) is 12.4. The SMILES string of the molecule is CCC(CO)(CO)COCCC[Si](C)(C)O[Si](C)(CCCOCC(O)CNC)O[Si](C)(C)O[Si](C)(C)C. The minimum Gasteiger partial charge on any atom is -0.437 e. The van der Waals surface area contributed by atoms with Gasteiger partial charge >= 0.3 is 17.1 Å². The molecule has 0 saturated carbocycles. The van der Waals surface area contributed by atoms with Gasteiger partial charge in [-0.1, -0.05) is 6.92 Å².